The van der Waals surface area contributed by atoms with Crippen LogP contribution in [0.3, 0.4) is 0 Å². The van der Waals surface area contributed by atoms with Gasteiger partial charge in [-0.25, -0.2) is 4.79 Å². The Labute approximate surface area is 91.3 Å². The van der Waals surface area contributed by atoms with Crippen molar-refractivity contribution in [3.8, 4) is 0 Å². The van der Waals surface area contributed by atoms with Crippen molar-refractivity contribution in [3.05, 3.63) is 0 Å². The molecule has 1 aliphatic heterocycles. The highest BCUT2D eigenvalue weighted by molar-refractivity contribution is 5.70. The molecule has 0 aliphatic carbocycles. The van der Waals surface area contributed by atoms with Gasteiger partial charge < -0.3 is 14.8 Å². The quantitative estimate of drug-likeness (QED) is 0.510. The standard InChI is InChI=1S/C11H21NO3/c1-2-3-7-15-11(13)9-14-8-10-5-4-6-12-10/h10,12H,2-9H2,1H3. The van der Waals surface area contributed by atoms with Gasteiger partial charge in [0.2, 0.25) is 0 Å². The lowest BCUT2D eigenvalue weighted by molar-refractivity contribution is -0.149. The van der Waals surface area contributed by atoms with Crippen molar-refractivity contribution in [2.24, 2.45) is 0 Å². The van der Waals surface area contributed by atoms with Gasteiger partial charge in [-0.2, -0.15) is 0 Å². The summed E-state index contributed by atoms with van der Waals surface area (Å²) in [6.07, 6.45) is 4.32. The van der Waals surface area contributed by atoms with Gasteiger partial charge in [-0.05, 0) is 25.8 Å². The van der Waals surface area contributed by atoms with Gasteiger partial charge in [0.25, 0.3) is 0 Å². The molecule has 4 nitrogen and oxygen atoms in total. The highest BCUT2D eigenvalue weighted by atomic mass is 16.6. The molecular weight excluding hydrogens is 194 g/mol. The van der Waals surface area contributed by atoms with E-state index in [0.717, 1.165) is 25.8 Å². The van der Waals surface area contributed by atoms with Crippen molar-refractivity contribution in [1.82, 2.24) is 5.32 Å². The van der Waals surface area contributed by atoms with Crippen LogP contribution in [0.2, 0.25) is 0 Å². The van der Waals surface area contributed by atoms with E-state index in [1.54, 1.807) is 0 Å². The van der Waals surface area contributed by atoms with Gasteiger partial charge in [-0.15, -0.1) is 0 Å². The average molecular weight is 215 g/mol. The van der Waals surface area contributed by atoms with Crippen LogP contribution in [0.5, 0.6) is 0 Å². The molecular formula is C11H21NO3. The summed E-state index contributed by atoms with van der Waals surface area (Å²) < 4.78 is 10.2. The molecule has 0 aromatic carbocycles. The zero-order chi connectivity index (χ0) is 10.9. The second-order valence-corrected chi connectivity index (χ2v) is 3.88. The smallest absolute Gasteiger partial charge is 0.332 e. The molecule has 0 spiro atoms. The molecule has 15 heavy (non-hydrogen) atoms. The number of unbranched alkanes of at least 4 members (excludes halogenated alkanes) is 1. The molecule has 0 aromatic rings. The molecule has 1 fully saturated rings. The Balaban J connectivity index is 1.91. The highest BCUT2D eigenvalue weighted by Gasteiger charge is 2.14. The maximum Gasteiger partial charge on any atom is 0.332 e. The van der Waals surface area contributed by atoms with Gasteiger partial charge in [0, 0.05) is 6.04 Å². The summed E-state index contributed by atoms with van der Waals surface area (Å²) in [5.41, 5.74) is 0. The number of ether oxygens (including phenoxy) is 2. The fourth-order valence-electron chi connectivity index (χ4n) is 1.56. The van der Waals surface area contributed by atoms with Crippen molar-refractivity contribution >= 4 is 5.97 Å². The van der Waals surface area contributed by atoms with E-state index in [9.17, 15) is 4.79 Å². The first-order valence-electron chi connectivity index (χ1n) is 5.79. The lowest BCUT2D eigenvalue weighted by Crippen LogP contribution is -2.28. The Morgan fingerprint density at radius 2 is 2.40 bits per heavy atom. The second kappa shape index (κ2) is 7.65. The van der Waals surface area contributed by atoms with E-state index in [4.69, 9.17) is 9.47 Å². The zero-order valence-electron chi connectivity index (χ0n) is 9.46. The normalized spacial score (nSPS) is 20.5. The van der Waals surface area contributed by atoms with E-state index in [1.807, 2.05) is 0 Å². The van der Waals surface area contributed by atoms with Gasteiger partial charge in [-0.1, -0.05) is 13.3 Å². The maximum absolute atomic E-state index is 11.1. The van der Waals surface area contributed by atoms with Crippen molar-refractivity contribution in [2.45, 2.75) is 38.6 Å². The van der Waals surface area contributed by atoms with Crippen molar-refractivity contribution < 1.29 is 14.3 Å². The van der Waals surface area contributed by atoms with Crippen LogP contribution in [0.15, 0.2) is 0 Å². The minimum Gasteiger partial charge on any atom is -0.464 e. The summed E-state index contributed by atoms with van der Waals surface area (Å²) in [5.74, 6) is -0.249. The number of hydrogen-bond acceptors (Lipinski definition) is 4. The van der Waals surface area contributed by atoms with Crippen molar-refractivity contribution in [1.29, 1.82) is 0 Å². The van der Waals surface area contributed by atoms with E-state index in [2.05, 4.69) is 12.2 Å². The van der Waals surface area contributed by atoms with E-state index in [0.29, 0.717) is 19.3 Å². The molecule has 0 amide bonds. The van der Waals surface area contributed by atoms with Crippen molar-refractivity contribution in [2.75, 3.05) is 26.4 Å². The topological polar surface area (TPSA) is 47.6 Å². The second-order valence-electron chi connectivity index (χ2n) is 3.88. The number of carbonyl (C=O) groups is 1. The molecule has 1 unspecified atom stereocenters. The predicted molar refractivity (Wildman–Crippen MR) is 57.7 cm³/mol. The monoisotopic (exact) mass is 215 g/mol. The third-order valence-corrected chi connectivity index (χ3v) is 2.46. The zero-order valence-corrected chi connectivity index (χ0v) is 9.46. The molecule has 88 valence electrons. The molecule has 1 aliphatic rings. The van der Waals surface area contributed by atoms with Crippen LogP contribution in [0.1, 0.15) is 32.6 Å². The van der Waals surface area contributed by atoms with Crippen LogP contribution in [-0.2, 0) is 14.3 Å². The minimum absolute atomic E-state index is 0.0852. The summed E-state index contributed by atoms with van der Waals surface area (Å²) in [7, 11) is 0. The molecule has 0 bridgehead atoms. The van der Waals surface area contributed by atoms with E-state index in [-0.39, 0.29) is 12.6 Å². The van der Waals surface area contributed by atoms with Gasteiger partial charge in [-0.3, -0.25) is 0 Å². The van der Waals surface area contributed by atoms with Gasteiger partial charge in [0.05, 0.1) is 13.2 Å². The largest absolute Gasteiger partial charge is 0.464 e. The van der Waals surface area contributed by atoms with Crippen LogP contribution in [0.4, 0.5) is 0 Å². The van der Waals surface area contributed by atoms with Crippen LogP contribution in [-0.4, -0.2) is 38.4 Å². The Hall–Kier alpha value is -0.610. The van der Waals surface area contributed by atoms with Crippen LogP contribution in [0, 0.1) is 0 Å². The first kappa shape index (κ1) is 12.5. The molecule has 1 N–H and O–H groups in total. The third kappa shape index (κ3) is 5.74. The van der Waals surface area contributed by atoms with E-state index < -0.39 is 0 Å². The fourth-order valence-corrected chi connectivity index (χ4v) is 1.56. The summed E-state index contributed by atoms with van der Waals surface area (Å²) in [6, 6.07) is 0.424. The third-order valence-electron chi connectivity index (χ3n) is 2.46. The maximum atomic E-state index is 11.1. The molecule has 1 atom stereocenters. The van der Waals surface area contributed by atoms with E-state index >= 15 is 0 Å². The Bertz CT molecular complexity index is 179. The fraction of sp³-hybridized carbons (Fsp3) is 0.909. The number of hydrogen-bond donors (Lipinski definition) is 1. The summed E-state index contributed by atoms with van der Waals surface area (Å²) in [6.45, 7) is 4.34. The Kier molecular flexibility index (Phi) is 6.36. The predicted octanol–water partition coefficient (Wildman–Crippen LogP) is 1.10. The van der Waals surface area contributed by atoms with Crippen LogP contribution >= 0.6 is 0 Å². The summed E-state index contributed by atoms with van der Waals surface area (Å²) in [5, 5.41) is 3.31. The van der Waals surface area contributed by atoms with Gasteiger partial charge in [0.1, 0.15) is 6.61 Å². The lowest BCUT2D eigenvalue weighted by Gasteiger charge is -2.10. The molecule has 0 saturated carbocycles. The van der Waals surface area contributed by atoms with Gasteiger partial charge in [0.15, 0.2) is 0 Å². The molecule has 0 radical (unpaired) electrons. The Morgan fingerprint density at radius 3 is 3.07 bits per heavy atom. The lowest BCUT2D eigenvalue weighted by atomic mass is 10.2. The molecule has 1 heterocycles. The average Bonchev–Trinajstić information content (AvgIpc) is 2.71. The number of carbonyl (C=O) groups excluding carboxylic acids is 1. The number of nitrogens with one attached hydrogen (secondary N) is 1. The molecule has 0 aromatic heterocycles. The Morgan fingerprint density at radius 1 is 1.53 bits per heavy atom. The highest BCUT2D eigenvalue weighted by Crippen LogP contribution is 2.04. The minimum atomic E-state index is -0.249. The summed E-state index contributed by atoms with van der Waals surface area (Å²) in [4.78, 5) is 11.1. The molecule has 1 saturated heterocycles. The molecule has 4 heteroatoms. The first-order chi connectivity index (χ1) is 7.33. The SMILES string of the molecule is CCCCOC(=O)COCC1CCCN1. The van der Waals surface area contributed by atoms with Crippen LogP contribution < -0.4 is 5.32 Å². The number of esters is 1. The van der Waals surface area contributed by atoms with Gasteiger partial charge >= 0.3 is 5.97 Å². The van der Waals surface area contributed by atoms with E-state index in [1.165, 1.54) is 6.42 Å². The van der Waals surface area contributed by atoms with Crippen LogP contribution in [0.25, 0.3) is 0 Å². The molecule has 1 rings (SSSR count). The van der Waals surface area contributed by atoms with Crippen molar-refractivity contribution in [3.63, 3.8) is 0 Å². The summed E-state index contributed by atoms with van der Waals surface area (Å²) >= 11 is 0. The number of rotatable bonds is 7. The first-order valence-corrected chi connectivity index (χ1v) is 5.79.